The van der Waals surface area contributed by atoms with E-state index < -0.39 is 24.5 Å². The Hall–Kier alpha value is -0.690. The van der Waals surface area contributed by atoms with Crippen molar-refractivity contribution in [3.63, 3.8) is 0 Å². The molecule has 37 heavy (non-hydrogen) atoms. The third-order valence-corrected chi connectivity index (χ3v) is 7.85. The van der Waals surface area contributed by atoms with Gasteiger partial charge in [-0.25, -0.2) is 0 Å². The van der Waals surface area contributed by atoms with Crippen LogP contribution in [0, 0.1) is 0 Å². The topological polar surface area (TPSA) is 90.2 Å². The average Bonchev–Trinajstić information content (AvgIpc) is 2.89. The number of hydrogen-bond donors (Lipinski definition) is 3. The normalized spacial score (nSPS) is 21.9. The Balaban J connectivity index is 2.32. The first-order chi connectivity index (χ1) is 18.0. The molecular formula is C31H61NO5. The van der Waals surface area contributed by atoms with Crippen molar-refractivity contribution < 1.29 is 24.9 Å². The summed E-state index contributed by atoms with van der Waals surface area (Å²) in [5.74, 6) is -0.0151. The lowest BCUT2D eigenvalue weighted by molar-refractivity contribution is -0.228. The SMILES string of the molecule is CCCCCCCCCCCCCCN(C(=O)CCCCCCCCCCC)[C@@H]1OC[C@H](O)[C@H](O)[C@H]1O. The molecule has 1 heterocycles. The first-order valence-corrected chi connectivity index (χ1v) is 16.0. The van der Waals surface area contributed by atoms with Crippen molar-refractivity contribution in [1.29, 1.82) is 0 Å². The molecule has 3 N–H and O–H groups in total. The summed E-state index contributed by atoms with van der Waals surface area (Å²) < 4.78 is 5.65. The van der Waals surface area contributed by atoms with Gasteiger partial charge in [-0.1, -0.05) is 136 Å². The number of carbonyl (C=O) groups excluding carboxylic acids is 1. The maximum absolute atomic E-state index is 13.1. The van der Waals surface area contributed by atoms with Crippen LogP contribution in [0.1, 0.15) is 155 Å². The molecule has 0 aromatic rings. The molecule has 0 bridgehead atoms. The van der Waals surface area contributed by atoms with Gasteiger partial charge in [0.05, 0.1) is 6.61 Å². The lowest BCUT2D eigenvalue weighted by Crippen LogP contribution is -2.60. The summed E-state index contributed by atoms with van der Waals surface area (Å²) in [6.07, 6.45) is 21.7. The molecule has 0 saturated carbocycles. The van der Waals surface area contributed by atoms with Crippen LogP contribution in [0.2, 0.25) is 0 Å². The van der Waals surface area contributed by atoms with Crippen molar-refractivity contribution in [3.05, 3.63) is 0 Å². The third-order valence-electron chi connectivity index (χ3n) is 7.85. The van der Waals surface area contributed by atoms with Crippen molar-refractivity contribution in [1.82, 2.24) is 4.90 Å². The number of ether oxygens (including phenoxy) is 1. The summed E-state index contributed by atoms with van der Waals surface area (Å²) >= 11 is 0. The summed E-state index contributed by atoms with van der Waals surface area (Å²) in [4.78, 5) is 14.7. The predicted octanol–water partition coefficient (Wildman–Crippen LogP) is 6.88. The Morgan fingerprint density at radius 3 is 1.49 bits per heavy atom. The highest BCUT2D eigenvalue weighted by atomic mass is 16.5. The molecule has 4 atom stereocenters. The largest absolute Gasteiger partial charge is 0.388 e. The van der Waals surface area contributed by atoms with Gasteiger partial charge in [0.15, 0.2) is 6.23 Å². The minimum absolute atomic E-state index is 0.0151. The zero-order valence-electron chi connectivity index (χ0n) is 24.4. The fourth-order valence-corrected chi connectivity index (χ4v) is 5.31. The lowest BCUT2D eigenvalue weighted by Gasteiger charge is -2.41. The lowest BCUT2D eigenvalue weighted by atomic mass is 10.0. The van der Waals surface area contributed by atoms with E-state index in [1.54, 1.807) is 4.90 Å². The first-order valence-electron chi connectivity index (χ1n) is 16.0. The van der Waals surface area contributed by atoms with Crippen molar-refractivity contribution in [2.75, 3.05) is 13.2 Å². The van der Waals surface area contributed by atoms with Gasteiger partial charge in [0, 0.05) is 13.0 Å². The molecule has 0 aromatic carbocycles. The predicted molar refractivity (Wildman–Crippen MR) is 152 cm³/mol. The summed E-state index contributed by atoms with van der Waals surface area (Å²) in [6, 6.07) is 0. The van der Waals surface area contributed by atoms with Gasteiger partial charge in [-0.3, -0.25) is 4.79 Å². The van der Waals surface area contributed by atoms with E-state index in [-0.39, 0.29) is 12.5 Å². The zero-order valence-corrected chi connectivity index (χ0v) is 24.4. The smallest absolute Gasteiger partial charge is 0.224 e. The summed E-state index contributed by atoms with van der Waals surface area (Å²) in [6.45, 7) is 4.95. The number of carbonyl (C=O) groups is 1. The summed E-state index contributed by atoms with van der Waals surface area (Å²) in [5.41, 5.74) is 0. The number of nitrogens with zero attached hydrogens (tertiary/aromatic N) is 1. The fraction of sp³-hybridized carbons (Fsp3) is 0.968. The molecule has 0 spiro atoms. The molecule has 0 aliphatic carbocycles. The fourth-order valence-electron chi connectivity index (χ4n) is 5.31. The third kappa shape index (κ3) is 16.1. The van der Waals surface area contributed by atoms with Crippen LogP contribution in [0.4, 0.5) is 0 Å². The Kier molecular flexibility index (Phi) is 21.5. The van der Waals surface area contributed by atoms with Gasteiger partial charge < -0.3 is 25.0 Å². The number of hydrogen-bond acceptors (Lipinski definition) is 5. The number of aliphatic hydroxyl groups is 3. The molecule has 1 amide bonds. The second-order valence-electron chi connectivity index (χ2n) is 11.3. The maximum atomic E-state index is 13.1. The van der Waals surface area contributed by atoms with E-state index in [0.29, 0.717) is 13.0 Å². The van der Waals surface area contributed by atoms with Crippen LogP contribution >= 0.6 is 0 Å². The van der Waals surface area contributed by atoms with Crippen molar-refractivity contribution in [3.8, 4) is 0 Å². The van der Waals surface area contributed by atoms with E-state index in [2.05, 4.69) is 13.8 Å². The van der Waals surface area contributed by atoms with Gasteiger partial charge in [-0.05, 0) is 12.8 Å². The zero-order chi connectivity index (χ0) is 27.1. The van der Waals surface area contributed by atoms with Crippen LogP contribution in [-0.4, -0.2) is 63.8 Å². The first kappa shape index (κ1) is 34.3. The van der Waals surface area contributed by atoms with Gasteiger partial charge in [-0.2, -0.15) is 0 Å². The van der Waals surface area contributed by atoms with E-state index in [1.807, 2.05) is 0 Å². The van der Waals surface area contributed by atoms with Crippen molar-refractivity contribution in [2.24, 2.45) is 0 Å². The van der Waals surface area contributed by atoms with E-state index in [4.69, 9.17) is 4.74 Å². The van der Waals surface area contributed by atoms with E-state index in [1.165, 1.54) is 96.3 Å². The standard InChI is InChI=1S/C31H61NO5/c1-3-5-7-9-11-13-14-15-17-19-21-23-25-32(31-30(36)29(35)27(33)26-37-31)28(34)24-22-20-18-16-12-10-8-6-4-2/h27,29-31,33,35-36H,3-26H2,1-2H3/t27-,29-,30+,31+/m0/s1. The molecule has 1 saturated heterocycles. The highest BCUT2D eigenvalue weighted by Gasteiger charge is 2.41. The average molecular weight is 528 g/mol. The van der Waals surface area contributed by atoms with E-state index in [0.717, 1.165) is 38.5 Å². The quantitative estimate of drug-likeness (QED) is 0.119. The summed E-state index contributed by atoms with van der Waals surface area (Å²) in [5, 5.41) is 30.5. The molecule has 0 unspecified atom stereocenters. The monoisotopic (exact) mass is 527 g/mol. The van der Waals surface area contributed by atoms with E-state index in [9.17, 15) is 20.1 Å². The maximum Gasteiger partial charge on any atom is 0.224 e. The molecule has 1 fully saturated rings. The molecule has 1 aliphatic heterocycles. The Morgan fingerprint density at radius 2 is 1.03 bits per heavy atom. The van der Waals surface area contributed by atoms with Gasteiger partial charge in [-0.15, -0.1) is 0 Å². The van der Waals surface area contributed by atoms with Gasteiger partial charge >= 0.3 is 0 Å². The molecule has 0 aromatic heterocycles. The number of unbranched alkanes of at least 4 members (excludes halogenated alkanes) is 19. The number of rotatable bonds is 24. The van der Waals surface area contributed by atoms with Gasteiger partial charge in [0.25, 0.3) is 0 Å². The van der Waals surface area contributed by atoms with Crippen LogP contribution in [0.3, 0.4) is 0 Å². The molecular weight excluding hydrogens is 466 g/mol. The number of aliphatic hydroxyl groups excluding tert-OH is 3. The molecule has 6 heteroatoms. The highest BCUT2D eigenvalue weighted by Crippen LogP contribution is 2.22. The van der Waals surface area contributed by atoms with Crippen LogP contribution in [0.5, 0.6) is 0 Å². The Labute approximate surface area is 228 Å². The Bertz CT molecular complexity index is 532. The molecule has 1 aliphatic rings. The van der Waals surface area contributed by atoms with Crippen molar-refractivity contribution in [2.45, 2.75) is 180 Å². The van der Waals surface area contributed by atoms with Gasteiger partial charge in [0.1, 0.15) is 18.3 Å². The van der Waals surface area contributed by atoms with Crippen LogP contribution in [0.25, 0.3) is 0 Å². The van der Waals surface area contributed by atoms with E-state index >= 15 is 0 Å². The second-order valence-corrected chi connectivity index (χ2v) is 11.3. The van der Waals surface area contributed by atoms with Crippen LogP contribution in [-0.2, 0) is 9.53 Å². The van der Waals surface area contributed by atoms with Crippen LogP contribution < -0.4 is 0 Å². The number of amides is 1. The highest BCUT2D eigenvalue weighted by molar-refractivity contribution is 5.76. The Morgan fingerprint density at radius 1 is 0.622 bits per heavy atom. The van der Waals surface area contributed by atoms with Gasteiger partial charge in [0.2, 0.25) is 5.91 Å². The molecule has 1 rings (SSSR count). The molecule has 0 radical (unpaired) electrons. The summed E-state index contributed by atoms with van der Waals surface area (Å²) in [7, 11) is 0. The second kappa shape index (κ2) is 23.2. The molecule has 6 nitrogen and oxygen atoms in total. The molecule has 220 valence electrons. The minimum Gasteiger partial charge on any atom is -0.388 e. The van der Waals surface area contributed by atoms with Crippen LogP contribution in [0.15, 0.2) is 0 Å². The van der Waals surface area contributed by atoms with Crippen molar-refractivity contribution >= 4 is 5.91 Å². The minimum atomic E-state index is -1.29.